The highest BCUT2D eigenvalue weighted by Crippen LogP contribution is 2.46. The van der Waals surface area contributed by atoms with Crippen LogP contribution in [0.2, 0.25) is 0 Å². The molecule has 0 amide bonds. The SMILES string of the molecule is Fc1c(F)c(F)c(-c2cc(-c3ccccc3)c(-c3ccc4c5ccccc5c5ccccc5c4c3)c(-c3ccccc3)c2)c(F)c1F. The third-order valence-corrected chi connectivity index (χ3v) is 8.84. The van der Waals surface area contributed by atoms with Gasteiger partial charge < -0.3 is 0 Å². The Bertz CT molecular complexity index is 2380. The maximum atomic E-state index is 15.3. The van der Waals surface area contributed by atoms with E-state index in [9.17, 15) is 13.2 Å². The zero-order valence-corrected chi connectivity index (χ0v) is 24.7. The topological polar surface area (TPSA) is 0 Å². The molecule has 0 unspecified atom stereocenters. The Morgan fingerprint density at radius 3 is 1.11 bits per heavy atom. The summed E-state index contributed by atoms with van der Waals surface area (Å²) >= 11 is 0. The number of rotatable bonds is 4. The number of hydrogen-bond donors (Lipinski definition) is 0. The van der Waals surface area contributed by atoms with Crippen molar-refractivity contribution >= 4 is 32.3 Å². The van der Waals surface area contributed by atoms with Crippen LogP contribution in [-0.4, -0.2) is 0 Å². The minimum absolute atomic E-state index is 0.128. The molecular formula is C42H23F5. The lowest BCUT2D eigenvalue weighted by Gasteiger charge is -2.20. The number of benzene rings is 8. The third kappa shape index (κ3) is 4.58. The van der Waals surface area contributed by atoms with Crippen LogP contribution in [0.25, 0.3) is 76.8 Å². The van der Waals surface area contributed by atoms with Crippen molar-refractivity contribution in [3.05, 3.63) is 169 Å². The molecule has 8 aromatic rings. The first-order valence-corrected chi connectivity index (χ1v) is 15.1. The van der Waals surface area contributed by atoms with E-state index in [0.29, 0.717) is 22.3 Å². The van der Waals surface area contributed by atoms with E-state index in [1.807, 2.05) is 91.0 Å². The van der Waals surface area contributed by atoms with Crippen molar-refractivity contribution < 1.29 is 22.0 Å². The lowest BCUT2D eigenvalue weighted by Crippen LogP contribution is -2.04. The van der Waals surface area contributed by atoms with Crippen LogP contribution in [0.4, 0.5) is 22.0 Å². The second-order valence-corrected chi connectivity index (χ2v) is 11.5. The summed E-state index contributed by atoms with van der Waals surface area (Å²) in [5.74, 6) is -9.92. The van der Waals surface area contributed by atoms with E-state index < -0.39 is 34.6 Å². The van der Waals surface area contributed by atoms with Gasteiger partial charge in [0.2, 0.25) is 5.82 Å². The molecule has 0 radical (unpaired) electrons. The third-order valence-electron chi connectivity index (χ3n) is 8.84. The normalized spacial score (nSPS) is 11.5. The van der Waals surface area contributed by atoms with Gasteiger partial charge in [0.15, 0.2) is 23.3 Å². The van der Waals surface area contributed by atoms with Crippen molar-refractivity contribution in [2.24, 2.45) is 0 Å². The van der Waals surface area contributed by atoms with E-state index in [4.69, 9.17) is 0 Å². The van der Waals surface area contributed by atoms with Gasteiger partial charge in [0, 0.05) is 0 Å². The molecule has 47 heavy (non-hydrogen) atoms. The highest BCUT2D eigenvalue weighted by molar-refractivity contribution is 6.26. The minimum Gasteiger partial charge on any atom is -0.203 e. The van der Waals surface area contributed by atoms with Gasteiger partial charge in [-0.1, -0.05) is 121 Å². The average molecular weight is 623 g/mol. The van der Waals surface area contributed by atoms with Gasteiger partial charge in [-0.2, -0.15) is 0 Å². The van der Waals surface area contributed by atoms with Gasteiger partial charge in [0.1, 0.15) is 0 Å². The zero-order valence-electron chi connectivity index (χ0n) is 24.7. The Labute approximate surface area is 267 Å². The first-order chi connectivity index (χ1) is 22.9. The van der Waals surface area contributed by atoms with Crippen molar-refractivity contribution in [3.8, 4) is 44.5 Å². The maximum absolute atomic E-state index is 15.3. The van der Waals surface area contributed by atoms with E-state index in [2.05, 4.69) is 36.4 Å². The highest BCUT2D eigenvalue weighted by Gasteiger charge is 2.28. The van der Waals surface area contributed by atoms with Crippen molar-refractivity contribution in [2.45, 2.75) is 0 Å². The van der Waals surface area contributed by atoms with Crippen LogP contribution >= 0.6 is 0 Å². The molecule has 0 aliphatic rings. The van der Waals surface area contributed by atoms with Crippen LogP contribution in [0.15, 0.2) is 140 Å². The summed E-state index contributed by atoms with van der Waals surface area (Å²) in [5.41, 5.74) is 3.08. The van der Waals surface area contributed by atoms with Crippen LogP contribution in [0.3, 0.4) is 0 Å². The fraction of sp³-hybridized carbons (Fsp3) is 0. The lowest BCUT2D eigenvalue weighted by atomic mass is 9.83. The minimum atomic E-state index is -2.19. The molecule has 0 N–H and O–H groups in total. The smallest absolute Gasteiger partial charge is 0.200 e. The number of hydrogen-bond acceptors (Lipinski definition) is 0. The molecule has 8 rings (SSSR count). The predicted octanol–water partition coefficient (Wildman–Crippen LogP) is 12.5. The Kier molecular flexibility index (Phi) is 6.84. The van der Waals surface area contributed by atoms with E-state index in [-0.39, 0.29) is 5.56 Å². The molecular weight excluding hydrogens is 599 g/mol. The lowest BCUT2D eigenvalue weighted by molar-refractivity contribution is 0.381. The molecule has 0 fully saturated rings. The van der Waals surface area contributed by atoms with Crippen LogP contribution < -0.4 is 0 Å². The Hall–Kier alpha value is -5.81. The molecule has 0 aliphatic carbocycles. The summed E-state index contributed by atoms with van der Waals surface area (Å²) in [6.45, 7) is 0. The summed E-state index contributed by atoms with van der Waals surface area (Å²) in [5, 5.41) is 6.54. The van der Waals surface area contributed by atoms with Gasteiger partial charge in [-0.05, 0) is 89.5 Å². The summed E-state index contributed by atoms with van der Waals surface area (Å²) in [6, 6.07) is 44.2. The van der Waals surface area contributed by atoms with E-state index in [1.165, 1.54) is 12.1 Å². The summed E-state index contributed by atoms with van der Waals surface area (Å²) in [4.78, 5) is 0. The fourth-order valence-electron chi connectivity index (χ4n) is 6.71. The average Bonchev–Trinajstić information content (AvgIpc) is 3.13. The standard InChI is InChI=1S/C42H23F5/c43-38-37(39(44)41(46)42(47)40(38)45)27-22-33(24-11-3-1-4-12-24)36(34(23-27)25-13-5-2-6-14-25)26-19-20-32-30-17-8-7-15-28(30)29-16-9-10-18-31(29)35(32)21-26/h1-23H. The molecule has 5 heteroatoms. The van der Waals surface area contributed by atoms with Crippen molar-refractivity contribution in [2.75, 3.05) is 0 Å². The van der Waals surface area contributed by atoms with Gasteiger partial charge >= 0.3 is 0 Å². The monoisotopic (exact) mass is 622 g/mol. The Morgan fingerprint density at radius 1 is 0.255 bits per heavy atom. The molecule has 0 aliphatic heterocycles. The molecule has 0 heterocycles. The quantitative estimate of drug-likeness (QED) is 0.0793. The summed E-state index contributed by atoms with van der Waals surface area (Å²) < 4.78 is 73.7. The predicted molar refractivity (Wildman–Crippen MR) is 180 cm³/mol. The van der Waals surface area contributed by atoms with Gasteiger partial charge in [0.05, 0.1) is 5.56 Å². The molecule has 0 aromatic heterocycles. The number of fused-ring (bicyclic) bond motifs is 6. The van der Waals surface area contributed by atoms with Crippen LogP contribution in [0.1, 0.15) is 0 Å². The van der Waals surface area contributed by atoms with E-state index in [1.54, 1.807) is 0 Å². The van der Waals surface area contributed by atoms with Crippen molar-refractivity contribution in [3.63, 3.8) is 0 Å². The molecule has 8 aromatic carbocycles. The molecule has 0 saturated carbocycles. The first-order valence-electron chi connectivity index (χ1n) is 15.1. The summed E-state index contributed by atoms with van der Waals surface area (Å²) in [7, 11) is 0. The second-order valence-electron chi connectivity index (χ2n) is 11.5. The largest absolute Gasteiger partial charge is 0.203 e. The second kappa shape index (κ2) is 11.2. The molecule has 0 nitrogen and oxygen atoms in total. The molecule has 0 atom stereocenters. The van der Waals surface area contributed by atoms with Gasteiger partial charge in [-0.3, -0.25) is 0 Å². The highest BCUT2D eigenvalue weighted by atomic mass is 19.2. The van der Waals surface area contributed by atoms with Gasteiger partial charge in [-0.25, -0.2) is 22.0 Å². The van der Waals surface area contributed by atoms with E-state index in [0.717, 1.165) is 43.4 Å². The molecule has 0 spiro atoms. The van der Waals surface area contributed by atoms with Gasteiger partial charge in [0.25, 0.3) is 0 Å². The van der Waals surface area contributed by atoms with Crippen LogP contribution in [-0.2, 0) is 0 Å². The maximum Gasteiger partial charge on any atom is 0.200 e. The molecule has 0 saturated heterocycles. The molecule has 0 bridgehead atoms. The molecule has 226 valence electrons. The van der Waals surface area contributed by atoms with E-state index >= 15 is 8.78 Å². The van der Waals surface area contributed by atoms with Crippen LogP contribution in [0.5, 0.6) is 0 Å². The zero-order chi connectivity index (χ0) is 32.2. The van der Waals surface area contributed by atoms with Gasteiger partial charge in [-0.15, -0.1) is 0 Å². The van der Waals surface area contributed by atoms with Crippen molar-refractivity contribution in [1.82, 2.24) is 0 Å². The Morgan fingerprint density at radius 2 is 0.638 bits per heavy atom. The summed E-state index contributed by atoms with van der Waals surface area (Å²) in [6.07, 6.45) is 0. The van der Waals surface area contributed by atoms with Crippen molar-refractivity contribution in [1.29, 1.82) is 0 Å². The fourth-order valence-corrected chi connectivity index (χ4v) is 6.71. The first kappa shape index (κ1) is 28.6. The number of halogens is 5. The Balaban J connectivity index is 1.51. The van der Waals surface area contributed by atoms with Crippen LogP contribution in [0, 0.1) is 29.1 Å².